The quantitative estimate of drug-likeness (QED) is 0.122. The Hall–Kier alpha value is -4.32. The molecule has 6 heteroatoms. The number of hydrogen-bond donors (Lipinski definition) is 0. The molecule has 188 valence electrons. The summed E-state index contributed by atoms with van der Waals surface area (Å²) in [7, 11) is 0. The summed E-state index contributed by atoms with van der Waals surface area (Å²) < 4.78 is 5.78. The van der Waals surface area contributed by atoms with Gasteiger partial charge in [-0.3, -0.25) is 15.1 Å². The number of rotatable bonds is 8. The van der Waals surface area contributed by atoms with E-state index in [-0.39, 0.29) is 0 Å². The third-order valence-corrected chi connectivity index (χ3v) is 5.94. The average molecular weight is 495 g/mol. The van der Waals surface area contributed by atoms with Crippen molar-refractivity contribution in [1.29, 1.82) is 0 Å². The van der Waals surface area contributed by atoms with Crippen molar-refractivity contribution < 1.29 is 14.5 Å². The van der Waals surface area contributed by atoms with Gasteiger partial charge in [0.2, 0.25) is 6.54 Å². The minimum atomic E-state index is -1.14. The minimum Gasteiger partial charge on any atom is -0.458 e. The number of hydrogen-bond acceptors (Lipinski definition) is 5. The van der Waals surface area contributed by atoms with Crippen LogP contribution in [0.25, 0.3) is 10.8 Å². The Labute approximate surface area is 216 Å². The summed E-state index contributed by atoms with van der Waals surface area (Å²) in [6.45, 7) is 4.86. The van der Waals surface area contributed by atoms with E-state index in [0.717, 1.165) is 21.9 Å². The van der Waals surface area contributed by atoms with Crippen molar-refractivity contribution in [3.63, 3.8) is 0 Å². The molecule has 0 unspecified atom stereocenters. The van der Waals surface area contributed by atoms with Gasteiger partial charge in [-0.1, -0.05) is 103 Å². The molecule has 4 aromatic carbocycles. The molecular weight excluding hydrogens is 464 g/mol. The molecule has 0 aliphatic carbocycles. The molecule has 0 heterocycles. The van der Waals surface area contributed by atoms with Crippen LogP contribution in [-0.2, 0) is 9.53 Å². The van der Waals surface area contributed by atoms with Gasteiger partial charge >= 0.3 is 5.97 Å². The molecule has 0 N–H and O–H groups in total. The summed E-state index contributed by atoms with van der Waals surface area (Å²) in [6.07, 6.45) is 0. The van der Waals surface area contributed by atoms with E-state index >= 15 is 0 Å². The van der Waals surface area contributed by atoms with Crippen LogP contribution in [0.5, 0.6) is 0 Å². The average Bonchev–Trinajstić information content (AvgIpc) is 2.88. The second-order valence-electron chi connectivity index (χ2n) is 9.92. The number of esters is 1. The van der Waals surface area contributed by atoms with Crippen LogP contribution in [0.3, 0.4) is 0 Å². The van der Waals surface area contributed by atoms with Gasteiger partial charge in [-0.05, 0) is 37.1 Å². The standard InChI is InChI=1S/C31H30N2O4/c1-31(2,3)37-30(34)29(32-28(23-13-6-4-7-14-23)24-15-8-5-9-16-24)27(21-33(35)36)26-19-18-22-12-10-11-17-25(22)20-26/h4-20,27,29H,21H2,1-3H3/t27-,29+/m0/s1. The smallest absolute Gasteiger partial charge is 0.332 e. The fourth-order valence-corrected chi connectivity index (χ4v) is 4.30. The zero-order valence-electron chi connectivity index (χ0n) is 21.2. The molecule has 4 rings (SSSR count). The number of nitro groups is 1. The van der Waals surface area contributed by atoms with Gasteiger partial charge < -0.3 is 4.74 Å². The molecule has 6 nitrogen and oxygen atoms in total. The van der Waals surface area contributed by atoms with E-state index in [9.17, 15) is 14.9 Å². The van der Waals surface area contributed by atoms with Crippen molar-refractivity contribution >= 4 is 22.5 Å². The van der Waals surface area contributed by atoms with Crippen LogP contribution in [0.4, 0.5) is 0 Å². The lowest BCUT2D eigenvalue weighted by Gasteiger charge is -2.26. The molecule has 0 fully saturated rings. The van der Waals surface area contributed by atoms with Crippen LogP contribution in [-0.4, -0.2) is 34.8 Å². The first-order valence-corrected chi connectivity index (χ1v) is 12.2. The molecule has 37 heavy (non-hydrogen) atoms. The molecule has 0 aromatic heterocycles. The molecule has 0 bridgehead atoms. The predicted octanol–water partition coefficient (Wildman–Crippen LogP) is 6.45. The SMILES string of the molecule is CC(C)(C)OC(=O)[C@H](N=C(c1ccccc1)c1ccccc1)[C@@H](C[N+](=O)[O-])c1ccc2ccccc2c1. The first-order chi connectivity index (χ1) is 17.7. The van der Waals surface area contributed by atoms with Crippen molar-refractivity contribution in [3.8, 4) is 0 Å². The molecule has 0 aliphatic heterocycles. The monoisotopic (exact) mass is 494 g/mol. The van der Waals surface area contributed by atoms with E-state index in [1.165, 1.54) is 0 Å². The molecule has 2 atom stereocenters. The Kier molecular flexibility index (Phi) is 7.77. The van der Waals surface area contributed by atoms with Gasteiger partial charge in [0.15, 0.2) is 6.04 Å². The highest BCUT2D eigenvalue weighted by molar-refractivity contribution is 6.13. The summed E-state index contributed by atoms with van der Waals surface area (Å²) in [5.41, 5.74) is 2.07. The maximum Gasteiger partial charge on any atom is 0.332 e. The zero-order chi connectivity index (χ0) is 26.4. The Bertz CT molecular complexity index is 1370. The van der Waals surface area contributed by atoms with Gasteiger partial charge in [-0.15, -0.1) is 0 Å². The molecular formula is C31H30N2O4. The number of carbonyl (C=O) groups excluding carboxylic acids is 1. The van der Waals surface area contributed by atoms with Gasteiger partial charge in [-0.2, -0.15) is 0 Å². The number of carbonyl (C=O) groups is 1. The van der Waals surface area contributed by atoms with Crippen LogP contribution in [0, 0.1) is 10.1 Å². The van der Waals surface area contributed by atoms with Gasteiger partial charge in [0.1, 0.15) is 5.60 Å². The van der Waals surface area contributed by atoms with Gasteiger partial charge in [0.25, 0.3) is 0 Å². The van der Waals surface area contributed by atoms with Gasteiger partial charge in [-0.25, -0.2) is 4.79 Å². The summed E-state index contributed by atoms with van der Waals surface area (Å²) in [4.78, 5) is 30.1. The summed E-state index contributed by atoms with van der Waals surface area (Å²) in [5.74, 6) is -1.44. The van der Waals surface area contributed by atoms with Gasteiger partial charge in [0, 0.05) is 16.1 Å². The van der Waals surface area contributed by atoms with Crippen LogP contribution >= 0.6 is 0 Å². The molecule has 0 saturated heterocycles. The second kappa shape index (κ2) is 11.2. The molecule has 0 spiro atoms. The highest BCUT2D eigenvalue weighted by Crippen LogP contribution is 2.29. The fraction of sp³-hybridized carbons (Fsp3) is 0.226. The minimum absolute atomic E-state index is 0.391. The number of fused-ring (bicyclic) bond motifs is 1. The van der Waals surface area contributed by atoms with Crippen LogP contribution in [0.1, 0.15) is 43.4 Å². The number of ether oxygens (including phenoxy) is 1. The van der Waals surface area contributed by atoms with Crippen LogP contribution in [0.15, 0.2) is 108 Å². The third-order valence-electron chi connectivity index (χ3n) is 5.94. The number of nitrogens with zero attached hydrogens (tertiary/aromatic N) is 2. The lowest BCUT2D eigenvalue weighted by atomic mass is 9.89. The predicted molar refractivity (Wildman–Crippen MR) is 147 cm³/mol. The molecule has 0 radical (unpaired) electrons. The largest absolute Gasteiger partial charge is 0.458 e. The molecule has 4 aromatic rings. The zero-order valence-corrected chi connectivity index (χ0v) is 21.2. The Balaban J connectivity index is 1.92. The van der Waals surface area contributed by atoms with Crippen molar-refractivity contribution in [2.75, 3.05) is 6.54 Å². The van der Waals surface area contributed by atoms with Crippen molar-refractivity contribution in [1.82, 2.24) is 0 Å². The Morgan fingerprint density at radius 3 is 1.92 bits per heavy atom. The Morgan fingerprint density at radius 2 is 1.38 bits per heavy atom. The Morgan fingerprint density at radius 1 is 0.838 bits per heavy atom. The van der Waals surface area contributed by atoms with Crippen molar-refractivity contribution in [3.05, 3.63) is 130 Å². The topological polar surface area (TPSA) is 81.8 Å². The number of benzene rings is 4. The fourth-order valence-electron chi connectivity index (χ4n) is 4.30. The van der Waals surface area contributed by atoms with Crippen LogP contribution < -0.4 is 0 Å². The lowest BCUT2D eigenvalue weighted by molar-refractivity contribution is -0.483. The van der Waals surface area contributed by atoms with E-state index in [1.807, 2.05) is 103 Å². The summed E-state index contributed by atoms with van der Waals surface area (Å²) in [5, 5.41) is 13.8. The highest BCUT2D eigenvalue weighted by atomic mass is 16.6. The third kappa shape index (κ3) is 6.67. The first kappa shape index (κ1) is 25.8. The normalized spacial score (nSPS) is 12.9. The summed E-state index contributed by atoms with van der Waals surface area (Å²) >= 11 is 0. The van der Waals surface area contributed by atoms with E-state index in [1.54, 1.807) is 20.8 Å². The van der Waals surface area contributed by atoms with E-state index in [0.29, 0.717) is 11.3 Å². The number of aliphatic imine (C=N–C) groups is 1. The maximum absolute atomic E-state index is 13.7. The van der Waals surface area contributed by atoms with Gasteiger partial charge in [0.05, 0.1) is 11.6 Å². The second-order valence-corrected chi connectivity index (χ2v) is 9.92. The van der Waals surface area contributed by atoms with Crippen LogP contribution in [0.2, 0.25) is 0 Å². The van der Waals surface area contributed by atoms with Crippen molar-refractivity contribution in [2.24, 2.45) is 4.99 Å². The van der Waals surface area contributed by atoms with E-state index < -0.39 is 35.0 Å². The highest BCUT2D eigenvalue weighted by Gasteiger charge is 2.37. The van der Waals surface area contributed by atoms with E-state index in [2.05, 4.69) is 0 Å². The summed E-state index contributed by atoms with van der Waals surface area (Å²) in [6, 6.07) is 31.4. The van der Waals surface area contributed by atoms with Crippen molar-refractivity contribution in [2.45, 2.75) is 38.3 Å². The van der Waals surface area contributed by atoms with E-state index in [4.69, 9.17) is 9.73 Å². The first-order valence-electron chi connectivity index (χ1n) is 12.2. The lowest BCUT2D eigenvalue weighted by Crippen LogP contribution is -2.37. The molecule has 0 amide bonds. The molecule has 0 aliphatic rings. The molecule has 0 saturated carbocycles. The maximum atomic E-state index is 13.7.